The Morgan fingerprint density at radius 2 is 2.18 bits per heavy atom. The van der Waals surface area contributed by atoms with Crippen molar-refractivity contribution in [3.05, 3.63) is 0 Å². The number of halogens is 3. The number of ether oxygens (including phenoxy) is 1. The second-order valence-corrected chi connectivity index (χ2v) is 6.30. The van der Waals surface area contributed by atoms with Gasteiger partial charge < -0.3 is 15.0 Å². The summed E-state index contributed by atoms with van der Waals surface area (Å²) in [5, 5.41) is 3.16. The SMILES string of the molecule is CN=C(NCCN(C)CC(F)(F)F)N1CCC2(CCOC2)C1. The Kier molecular flexibility index (Phi) is 5.55. The van der Waals surface area contributed by atoms with Gasteiger partial charge in [-0.3, -0.25) is 9.89 Å². The molecule has 2 saturated heterocycles. The summed E-state index contributed by atoms with van der Waals surface area (Å²) in [4.78, 5) is 7.69. The molecule has 2 aliphatic rings. The Bertz CT molecular complexity index is 394. The van der Waals surface area contributed by atoms with Crippen LogP contribution in [0.1, 0.15) is 12.8 Å². The van der Waals surface area contributed by atoms with Crippen LogP contribution in [0.2, 0.25) is 0 Å². The Morgan fingerprint density at radius 3 is 2.77 bits per heavy atom. The van der Waals surface area contributed by atoms with E-state index in [1.165, 1.54) is 11.9 Å². The topological polar surface area (TPSA) is 40.1 Å². The van der Waals surface area contributed by atoms with Crippen LogP contribution in [-0.2, 0) is 4.74 Å². The Hall–Kier alpha value is -1.02. The average Bonchev–Trinajstić information content (AvgIpc) is 3.04. The van der Waals surface area contributed by atoms with E-state index in [1.54, 1.807) is 7.05 Å². The molecule has 1 N–H and O–H groups in total. The fraction of sp³-hybridized carbons (Fsp3) is 0.929. The van der Waals surface area contributed by atoms with Gasteiger partial charge in [0.25, 0.3) is 0 Å². The first-order chi connectivity index (χ1) is 10.3. The molecule has 2 heterocycles. The van der Waals surface area contributed by atoms with E-state index in [-0.39, 0.29) is 5.41 Å². The average molecular weight is 322 g/mol. The summed E-state index contributed by atoms with van der Waals surface area (Å²) < 4.78 is 42.3. The Balaban J connectivity index is 1.74. The molecule has 0 aromatic heterocycles. The lowest BCUT2D eigenvalue weighted by atomic mass is 9.87. The number of likely N-dealkylation sites (N-methyl/N-ethyl adjacent to an activating group) is 1. The summed E-state index contributed by atoms with van der Waals surface area (Å²) >= 11 is 0. The zero-order valence-electron chi connectivity index (χ0n) is 13.2. The number of likely N-dealkylation sites (tertiary alicyclic amines) is 1. The number of rotatable bonds is 4. The van der Waals surface area contributed by atoms with Crippen LogP contribution >= 0.6 is 0 Å². The van der Waals surface area contributed by atoms with Crippen LogP contribution in [0.25, 0.3) is 0 Å². The summed E-state index contributed by atoms with van der Waals surface area (Å²) in [6, 6.07) is 0. The van der Waals surface area contributed by atoms with E-state index in [0.29, 0.717) is 13.1 Å². The van der Waals surface area contributed by atoms with Crippen molar-refractivity contribution in [3.8, 4) is 0 Å². The highest BCUT2D eigenvalue weighted by molar-refractivity contribution is 5.80. The lowest BCUT2D eigenvalue weighted by molar-refractivity contribution is -0.142. The fourth-order valence-electron chi connectivity index (χ4n) is 3.16. The van der Waals surface area contributed by atoms with Crippen molar-refractivity contribution >= 4 is 5.96 Å². The summed E-state index contributed by atoms with van der Waals surface area (Å²) in [6.07, 6.45) is -1.99. The van der Waals surface area contributed by atoms with Gasteiger partial charge in [0.15, 0.2) is 5.96 Å². The molecule has 2 aliphatic heterocycles. The minimum absolute atomic E-state index is 0.241. The minimum atomic E-state index is -4.15. The van der Waals surface area contributed by atoms with E-state index in [1.807, 2.05) is 0 Å². The highest BCUT2D eigenvalue weighted by atomic mass is 19.4. The number of nitrogens with one attached hydrogen (secondary N) is 1. The smallest absolute Gasteiger partial charge is 0.381 e. The van der Waals surface area contributed by atoms with Gasteiger partial charge in [-0.1, -0.05) is 0 Å². The molecule has 0 saturated carbocycles. The van der Waals surface area contributed by atoms with Crippen LogP contribution in [0.4, 0.5) is 13.2 Å². The monoisotopic (exact) mass is 322 g/mol. The number of hydrogen-bond acceptors (Lipinski definition) is 3. The predicted molar refractivity (Wildman–Crippen MR) is 79.0 cm³/mol. The van der Waals surface area contributed by atoms with Gasteiger partial charge in [-0.15, -0.1) is 0 Å². The van der Waals surface area contributed by atoms with Gasteiger partial charge in [0.05, 0.1) is 13.2 Å². The van der Waals surface area contributed by atoms with Crippen molar-refractivity contribution in [1.82, 2.24) is 15.1 Å². The lowest BCUT2D eigenvalue weighted by Crippen LogP contribution is -2.44. The summed E-state index contributed by atoms with van der Waals surface area (Å²) in [5.74, 6) is 0.768. The number of aliphatic imine (C=N–C) groups is 1. The molecule has 0 aromatic rings. The lowest BCUT2D eigenvalue weighted by Gasteiger charge is -2.26. The number of hydrogen-bond donors (Lipinski definition) is 1. The van der Waals surface area contributed by atoms with Gasteiger partial charge in [-0.25, -0.2) is 0 Å². The highest BCUT2D eigenvalue weighted by Gasteiger charge is 2.42. The first-order valence-electron chi connectivity index (χ1n) is 7.62. The standard InChI is InChI=1S/C14H25F3N4O/c1-18-12(19-5-7-20(2)10-14(15,16)17)21-6-3-13(9-21)4-8-22-11-13/h3-11H2,1-2H3,(H,18,19). The minimum Gasteiger partial charge on any atom is -0.381 e. The van der Waals surface area contributed by atoms with E-state index >= 15 is 0 Å². The third kappa shape index (κ3) is 4.74. The molecule has 8 heteroatoms. The van der Waals surface area contributed by atoms with Crippen molar-refractivity contribution in [3.63, 3.8) is 0 Å². The molecule has 1 spiro atoms. The van der Waals surface area contributed by atoms with Crippen LogP contribution in [0, 0.1) is 5.41 Å². The molecule has 0 bridgehead atoms. The van der Waals surface area contributed by atoms with Gasteiger partial charge in [-0.2, -0.15) is 13.2 Å². The van der Waals surface area contributed by atoms with E-state index in [0.717, 1.165) is 45.1 Å². The molecule has 22 heavy (non-hydrogen) atoms. The first-order valence-corrected chi connectivity index (χ1v) is 7.62. The predicted octanol–water partition coefficient (Wildman–Crippen LogP) is 1.17. The molecule has 0 amide bonds. The van der Waals surface area contributed by atoms with Gasteiger partial charge in [-0.05, 0) is 19.9 Å². The maximum atomic E-state index is 12.3. The van der Waals surface area contributed by atoms with E-state index < -0.39 is 12.7 Å². The zero-order valence-corrected chi connectivity index (χ0v) is 13.2. The van der Waals surface area contributed by atoms with Crippen LogP contribution in [0.3, 0.4) is 0 Å². The molecule has 1 atom stereocenters. The van der Waals surface area contributed by atoms with E-state index in [4.69, 9.17) is 4.74 Å². The fourth-order valence-corrected chi connectivity index (χ4v) is 3.16. The third-order valence-corrected chi connectivity index (χ3v) is 4.36. The molecule has 5 nitrogen and oxygen atoms in total. The Labute approximate surface area is 129 Å². The van der Waals surface area contributed by atoms with Crippen LogP contribution < -0.4 is 5.32 Å². The molecule has 2 rings (SSSR count). The third-order valence-electron chi connectivity index (χ3n) is 4.36. The second-order valence-electron chi connectivity index (χ2n) is 6.30. The largest absolute Gasteiger partial charge is 0.401 e. The summed E-state index contributed by atoms with van der Waals surface area (Å²) in [6.45, 7) is 3.32. The number of alkyl halides is 3. The molecule has 2 fully saturated rings. The van der Waals surface area contributed by atoms with Gasteiger partial charge >= 0.3 is 6.18 Å². The molecule has 0 aliphatic carbocycles. The maximum absolute atomic E-state index is 12.3. The molecule has 1 unspecified atom stereocenters. The Morgan fingerprint density at radius 1 is 1.41 bits per heavy atom. The molecule has 0 radical (unpaired) electrons. The summed E-state index contributed by atoms with van der Waals surface area (Å²) in [7, 11) is 3.18. The first kappa shape index (κ1) is 17.3. The summed E-state index contributed by atoms with van der Waals surface area (Å²) in [5.41, 5.74) is 0.241. The molecular formula is C14H25F3N4O. The van der Waals surface area contributed by atoms with Gasteiger partial charge in [0.1, 0.15) is 0 Å². The van der Waals surface area contributed by atoms with Crippen molar-refractivity contribution in [2.75, 3.05) is 60.0 Å². The van der Waals surface area contributed by atoms with Crippen molar-refractivity contribution in [2.45, 2.75) is 19.0 Å². The zero-order chi connectivity index (χ0) is 16.2. The molecule has 128 valence electrons. The number of nitrogens with zero attached hydrogens (tertiary/aromatic N) is 3. The van der Waals surface area contributed by atoms with Crippen molar-refractivity contribution in [2.24, 2.45) is 10.4 Å². The quantitative estimate of drug-likeness (QED) is 0.623. The maximum Gasteiger partial charge on any atom is 0.401 e. The highest BCUT2D eigenvalue weighted by Crippen LogP contribution is 2.38. The van der Waals surface area contributed by atoms with Gasteiger partial charge in [0.2, 0.25) is 0 Å². The van der Waals surface area contributed by atoms with E-state index in [9.17, 15) is 13.2 Å². The van der Waals surface area contributed by atoms with Gasteiger partial charge in [0, 0.05) is 45.2 Å². The van der Waals surface area contributed by atoms with Crippen molar-refractivity contribution in [1.29, 1.82) is 0 Å². The normalized spacial score (nSPS) is 26.5. The molecule has 0 aromatic carbocycles. The molecular weight excluding hydrogens is 297 g/mol. The second kappa shape index (κ2) is 7.04. The van der Waals surface area contributed by atoms with Crippen molar-refractivity contribution < 1.29 is 17.9 Å². The van der Waals surface area contributed by atoms with Crippen LogP contribution in [0.5, 0.6) is 0 Å². The van der Waals surface area contributed by atoms with Crippen LogP contribution in [-0.4, -0.2) is 82.0 Å². The number of guanidine groups is 1. The van der Waals surface area contributed by atoms with Crippen LogP contribution in [0.15, 0.2) is 4.99 Å². The van der Waals surface area contributed by atoms with E-state index in [2.05, 4.69) is 15.2 Å².